The molecule has 1 aromatic heterocycles. The summed E-state index contributed by atoms with van der Waals surface area (Å²) in [5, 5.41) is 2.77. The Morgan fingerprint density at radius 2 is 2.10 bits per heavy atom. The van der Waals surface area contributed by atoms with Gasteiger partial charge in [-0.1, -0.05) is 15.9 Å². The number of nitrogen functional groups attached to an aromatic ring is 1. The largest absolute Gasteiger partial charge is 0.398 e. The fourth-order valence-electron chi connectivity index (χ4n) is 1.79. The smallest absolute Gasteiger partial charge is 0.251 e. The highest BCUT2D eigenvalue weighted by molar-refractivity contribution is 9.10. The van der Waals surface area contributed by atoms with E-state index in [1.54, 1.807) is 6.07 Å². The zero-order valence-corrected chi connectivity index (χ0v) is 12.5. The van der Waals surface area contributed by atoms with Crippen LogP contribution in [-0.2, 0) is 11.3 Å². The number of anilines is 2. The normalized spacial score (nSPS) is 10.3. The summed E-state index contributed by atoms with van der Waals surface area (Å²) in [6.07, 6.45) is 1.45. The van der Waals surface area contributed by atoms with Crippen molar-refractivity contribution in [3.05, 3.63) is 56.9 Å². The molecule has 2 rings (SSSR count). The van der Waals surface area contributed by atoms with Crippen molar-refractivity contribution in [3.63, 3.8) is 0 Å². The van der Waals surface area contributed by atoms with E-state index in [9.17, 15) is 9.59 Å². The first kappa shape index (κ1) is 14.3. The molecule has 0 radical (unpaired) electrons. The van der Waals surface area contributed by atoms with E-state index in [1.165, 1.54) is 22.9 Å². The standard InChI is InChI=1S/C14H14BrN3O2/c1-9-6-10(15)2-4-12(9)17-13(19)8-18-7-11(16)3-5-14(18)20/h2-7H,8,16H2,1H3,(H,17,19). The summed E-state index contributed by atoms with van der Waals surface area (Å²) in [5.41, 5.74) is 7.43. The summed E-state index contributed by atoms with van der Waals surface area (Å²) in [6, 6.07) is 8.40. The van der Waals surface area contributed by atoms with E-state index in [2.05, 4.69) is 21.2 Å². The summed E-state index contributed by atoms with van der Waals surface area (Å²) in [5.74, 6) is -0.275. The molecule has 0 aliphatic rings. The number of amides is 1. The number of rotatable bonds is 3. The predicted molar refractivity (Wildman–Crippen MR) is 82.6 cm³/mol. The summed E-state index contributed by atoms with van der Waals surface area (Å²) >= 11 is 3.36. The number of aryl methyl sites for hydroxylation is 1. The molecule has 2 aromatic rings. The Morgan fingerprint density at radius 3 is 2.80 bits per heavy atom. The highest BCUT2D eigenvalue weighted by Crippen LogP contribution is 2.19. The lowest BCUT2D eigenvalue weighted by molar-refractivity contribution is -0.116. The number of hydrogen-bond donors (Lipinski definition) is 2. The fraction of sp³-hybridized carbons (Fsp3) is 0.143. The Kier molecular flexibility index (Phi) is 4.24. The lowest BCUT2D eigenvalue weighted by Gasteiger charge is -2.10. The van der Waals surface area contributed by atoms with Gasteiger partial charge in [0, 0.05) is 28.1 Å². The third kappa shape index (κ3) is 3.48. The van der Waals surface area contributed by atoms with Gasteiger partial charge in [-0.3, -0.25) is 9.59 Å². The molecule has 1 amide bonds. The minimum atomic E-state index is -0.275. The van der Waals surface area contributed by atoms with Gasteiger partial charge in [0.15, 0.2) is 0 Å². The van der Waals surface area contributed by atoms with Gasteiger partial charge in [-0.25, -0.2) is 0 Å². The number of halogens is 1. The maximum atomic E-state index is 12.0. The second kappa shape index (κ2) is 5.92. The maximum absolute atomic E-state index is 12.0. The van der Waals surface area contributed by atoms with Gasteiger partial charge in [0.2, 0.25) is 5.91 Å². The van der Waals surface area contributed by atoms with E-state index in [4.69, 9.17) is 5.73 Å². The van der Waals surface area contributed by atoms with Crippen molar-refractivity contribution in [1.29, 1.82) is 0 Å². The second-order valence-corrected chi connectivity index (χ2v) is 5.35. The summed E-state index contributed by atoms with van der Waals surface area (Å²) in [7, 11) is 0. The molecule has 0 fully saturated rings. The third-order valence-corrected chi connectivity index (χ3v) is 3.28. The average molecular weight is 336 g/mol. The zero-order chi connectivity index (χ0) is 14.7. The fourth-order valence-corrected chi connectivity index (χ4v) is 2.26. The molecule has 6 heteroatoms. The number of aromatic nitrogens is 1. The van der Waals surface area contributed by atoms with Crippen LogP contribution >= 0.6 is 15.9 Å². The molecule has 5 nitrogen and oxygen atoms in total. The number of nitrogens with two attached hydrogens (primary N) is 1. The second-order valence-electron chi connectivity index (χ2n) is 4.44. The first-order valence-corrected chi connectivity index (χ1v) is 6.77. The molecule has 0 unspecified atom stereocenters. The van der Waals surface area contributed by atoms with E-state index in [0.717, 1.165) is 15.7 Å². The third-order valence-electron chi connectivity index (χ3n) is 2.78. The van der Waals surface area contributed by atoms with E-state index in [1.807, 2.05) is 19.1 Å². The van der Waals surface area contributed by atoms with Crippen LogP contribution in [0.4, 0.5) is 11.4 Å². The quantitative estimate of drug-likeness (QED) is 0.902. The Bertz CT molecular complexity index is 710. The van der Waals surface area contributed by atoms with E-state index in [0.29, 0.717) is 5.69 Å². The van der Waals surface area contributed by atoms with Crippen LogP contribution in [0.25, 0.3) is 0 Å². The van der Waals surface area contributed by atoms with Crippen molar-refractivity contribution >= 4 is 33.2 Å². The van der Waals surface area contributed by atoms with Gasteiger partial charge in [0.25, 0.3) is 5.56 Å². The molecule has 0 saturated carbocycles. The van der Waals surface area contributed by atoms with Gasteiger partial charge in [-0.05, 0) is 36.8 Å². The highest BCUT2D eigenvalue weighted by Gasteiger charge is 2.07. The summed E-state index contributed by atoms with van der Waals surface area (Å²) < 4.78 is 2.22. The lowest BCUT2D eigenvalue weighted by atomic mass is 10.2. The van der Waals surface area contributed by atoms with Crippen molar-refractivity contribution in [3.8, 4) is 0 Å². The molecule has 0 spiro atoms. The monoisotopic (exact) mass is 335 g/mol. The number of benzene rings is 1. The highest BCUT2D eigenvalue weighted by atomic mass is 79.9. The lowest BCUT2D eigenvalue weighted by Crippen LogP contribution is -2.27. The van der Waals surface area contributed by atoms with Crippen molar-refractivity contribution in [2.75, 3.05) is 11.1 Å². The van der Waals surface area contributed by atoms with E-state index < -0.39 is 0 Å². The van der Waals surface area contributed by atoms with Gasteiger partial charge in [0.05, 0.1) is 0 Å². The minimum Gasteiger partial charge on any atom is -0.398 e. The Hall–Kier alpha value is -2.08. The molecule has 0 aliphatic carbocycles. The molecule has 0 bridgehead atoms. The molecule has 1 aromatic carbocycles. The molecule has 1 heterocycles. The van der Waals surface area contributed by atoms with Crippen LogP contribution < -0.4 is 16.6 Å². The van der Waals surface area contributed by atoms with E-state index >= 15 is 0 Å². The molecular formula is C14H14BrN3O2. The number of hydrogen-bond acceptors (Lipinski definition) is 3. The van der Waals surface area contributed by atoms with E-state index in [-0.39, 0.29) is 18.0 Å². The van der Waals surface area contributed by atoms with Gasteiger partial charge < -0.3 is 15.6 Å². The summed E-state index contributed by atoms with van der Waals surface area (Å²) in [4.78, 5) is 23.6. The van der Waals surface area contributed by atoms with Crippen LogP contribution in [-0.4, -0.2) is 10.5 Å². The van der Waals surface area contributed by atoms with Gasteiger partial charge in [0.1, 0.15) is 6.54 Å². The van der Waals surface area contributed by atoms with Crippen LogP contribution in [0.5, 0.6) is 0 Å². The Labute approximate surface area is 124 Å². The first-order chi connectivity index (χ1) is 9.45. The molecule has 0 aliphatic heterocycles. The maximum Gasteiger partial charge on any atom is 0.251 e. The number of carbonyl (C=O) groups is 1. The minimum absolute atomic E-state index is 0.0701. The predicted octanol–water partition coefficient (Wildman–Crippen LogP) is 2.14. The number of pyridine rings is 1. The number of nitrogens with one attached hydrogen (secondary N) is 1. The van der Waals surface area contributed by atoms with Crippen molar-refractivity contribution < 1.29 is 4.79 Å². The van der Waals surface area contributed by atoms with Crippen molar-refractivity contribution in [2.24, 2.45) is 0 Å². The Morgan fingerprint density at radius 1 is 1.35 bits per heavy atom. The SMILES string of the molecule is Cc1cc(Br)ccc1NC(=O)Cn1cc(N)ccc1=O. The van der Waals surface area contributed by atoms with Crippen molar-refractivity contribution in [2.45, 2.75) is 13.5 Å². The van der Waals surface area contributed by atoms with Crippen LogP contribution in [0.1, 0.15) is 5.56 Å². The molecule has 0 atom stereocenters. The first-order valence-electron chi connectivity index (χ1n) is 5.97. The van der Waals surface area contributed by atoms with Crippen molar-refractivity contribution in [1.82, 2.24) is 4.57 Å². The van der Waals surface area contributed by atoms with Crippen LogP contribution in [0.15, 0.2) is 45.8 Å². The number of carbonyl (C=O) groups excluding carboxylic acids is 1. The van der Waals surface area contributed by atoms with Crippen LogP contribution in [0, 0.1) is 6.92 Å². The molecule has 3 N–H and O–H groups in total. The molecule has 20 heavy (non-hydrogen) atoms. The molecule has 0 saturated heterocycles. The zero-order valence-electron chi connectivity index (χ0n) is 10.9. The van der Waals surface area contributed by atoms with Gasteiger partial charge in [-0.2, -0.15) is 0 Å². The molecule has 104 valence electrons. The van der Waals surface area contributed by atoms with Gasteiger partial charge >= 0.3 is 0 Å². The van der Waals surface area contributed by atoms with Crippen LogP contribution in [0.3, 0.4) is 0 Å². The van der Waals surface area contributed by atoms with Crippen LogP contribution in [0.2, 0.25) is 0 Å². The Balaban J connectivity index is 2.13. The van der Waals surface area contributed by atoms with Gasteiger partial charge in [-0.15, -0.1) is 0 Å². The topological polar surface area (TPSA) is 77.1 Å². The number of nitrogens with zero attached hydrogens (tertiary/aromatic N) is 1. The molecular weight excluding hydrogens is 322 g/mol. The average Bonchev–Trinajstić information content (AvgIpc) is 2.37. The summed E-state index contributed by atoms with van der Waals surface area (Å²) in [6.45, 7) is 1.83.